The van der Waals surface area contributed by atoms with Crippen molar-refractivity contribution in [2.45, 2.75) is 69.4 Å². The van der Waals surface area contributed by atoms with E-state index in [2.05, 4.69) is 45.4 Å². The summed E-state index contributed by atoms with van der Waals surface area (Å²) in [6.07, 6.45) is 3.17. The van der Waals surface area contributed by atoms with Gasteiger partial charge in [-0.05, 0) is 123 Å². The summed E-state index contributed by atoms with van der Waals surface area (Å²) in [4.78, 5) is 0. The van der Waals surface area contributed by atoms with Gasteiger partial charge in [0.25, 0.3) is 0 Å². The molecule has 2 nitrogen and oxygen atoms in total. The van der Waals surface area contributed by atoms with Gasteiger partial charge in [-0.3, -0.25) is 0 Å². The summed E-state index contributed by atoms with van der Waals surface area (Å²) in [6, 6.07) is 18.1. The predicted octanol–water partition coefficient (Wildman–Crippen LogP) is 9.47. The number of rotatable bonds is 6. The number of hydrogen-bond donors (Lipinski definition) is 0. The maximum atomic E-state index is 14.1. The van der Waals surface area contributed by atoms with E-state index in [0.29, 0.717) is 30.1 Å². The predicted molar refractivity (Wildman–Crippen MR) is 147 cm³/mol. The molecule has 0 radical (unpaired) electrons. The van der Waals surface area contributed by atoms with Crippen molar-refractivity contribution in [3.8, 4) is 22.6 Å². The molecule has 1 saturated carbocycles. The van der Waals surface area contributed by atoms with Crippen molar-refractivity contribution in [1.82, 2.24) is 0 Å². The summed E-state index contributed by atoms with van der Waals surface area (Å²) in [5.74, 6) is 2.10. The summed E-state index contributed by atoms with van der Waals surface area (Å²) < 4.78 is 55.0. The van der Waals surface area contributed by atoms with E-state index < -0.39 is 22.0 Å². The number of halogens is 3. The molecule has 0 aromatic heterocycles. The van der Waals surface area contributed by atoms with Crippen molar-refractivity contribution in [3.63, 3.8) is 0 Å². The van der Waals surface area contributed by atoms with Gasteiger partial charge in [-0.25, -0.2) is 0 Å². The van der Waals surface area contributed by atoms with Crippen molar-refractivity contribution in [1.29, 1.82) is 0 Å². The molecular weight excluding hydrogens is 493 g/mol. The lowest BCUT2D eigenvalue weighted by Crippen LogP contribution is -2.27. The highest BCUT2D eigenvalue weighted by Crippen LogP contribution is 2.54. The molecule has 0 aliphatic heterocycles. The third kappa shape index (κ3) is 5.36. The summed E-state index contributed by atoms with van der Waals surface area (Å²) in [6.45, 7) is 6.42. The van der Waals surface area contributed by atoms with Crippen molar-refractivity contribution in [2.24, 2.45) is 0 Å². The monoisotopic (exact) mass is 528 g/mol. The minimum atomic E-state index is -4.45. The summed E-state index contributed by atoms with van der Waals surface area (Å²) in [5, 5.41) is 0. The summed E-state index contributed by atoms with van der Waals surface area (Å²) in [7, 11) is -1.41. The SMILES string of the molecule is CC(C)(C)S(C)(C)Oc1ccc(-c2c(C(F)(F)F)ccc3c2CCC3Oc2ccc(C3CC3)cc2)cc1. The molecule has 0 saturated heterocycles. The maximum absolute atomic E-state index is 14.1. The van der Waals surface area contributed by atoms with Crippen LogP contribution in [-0.4, -0.2) is 17.3 Å². The van der Waals surface area contributed by atoms with Gasteiger partial charge in [0, 0.05) is 4.75 Å². The van der Waals surface area contributed by atoms with E-state index in [9.17, 15) is 13.2 Å². The fourth-order valence-electron chi connectivity index (χ4n) is 4.80. The van der Waals surface area contributed by atoms with E-state index in [1.165, 1.54) is 24.5 Å². The second kappa shape index (κ2) is 9.30. The Balaban J connectivity index is 1.45. The third-order valence-corrected chi connectivity index (χ3v) is 11.3. The van der Waals surface area contributed by atoms with Crippen molar-refractivity contribution in [3.05, 3.63) is 82.9 Å². The van der Waals surface area contributed by atoms with Gasteiger partial charge < -0.3 is 8.92 Å². The molecule has 0 heterocycles. The second-order valence-corrected chi connectivity index (χ2v) is 15.4. The van der Waals surface area contributed by atoms with Crippen molar-refractivity contribution < 1.29 is 22.1 Å². The van der Waals surface area contributed by atoms with Crippen LogP contribution in [0.3, 0.4) is 0 Å². The van der Waals surface area contributed by atoms with Crippen molar-refractivity contribution in [2.75, 3.05) is 12.5 Å². The molecule has 0 amide bonds. The van der Waals surface area contributed by atoms with Gasteiger partial charge in [-0.1, -0.05) is 40.6 Å². The molecule has 0 spiro atoms. The highest BCUT2D eigenvalue weighted by Gasteiger charge is 2.38. The third-order valence-electron chi connectivity index (χ3n) is 7.79. The van der Waals surface area contributed by atoms with Crippen LogP contribution in [0.15, 0.2) is 60.7 Å². The molecule has 1 atom stereocenters. The topological polar surface area (TPSA) is 18.5 Å². The lowest BCUT2D eigenvalue weighted by atomic mass is 9.91. The van der Waals surface area contributed by atoms with E-state index >= 15 is 0 Å². The number of fused-ring (bicyclic) bond motifs is 1. The van der Waals surface area contributed by atoms with Crippen LogP contribution in [0.1, 0.15) is 74.3 Å². The molecule has 2 aliphatic rings. The first-order valence-corrected chi connectivity index (χ1v) is 15.2. The fourth-order valence-corrected chi connectivity index (χ4v) is 5.64. The molecule has 3 aromatic rings. The lowest BCUT2D eigenvalue weighted by Gasteiger charge is -2.43. The highest BCUT2D eigenvalue weighted by atomic mass is 32.3. The summed E-state index contributed by atoms with van der Waals surface area (Å²) >= 11 is 0. The van der Waals surface area contributed by atoms with Gasteiger partial charge in [-0.2, -0.15) is 13.2 Å². The Morgan fingerprint density at radius 2 is 1.41 bits per heavy atom. The summed E-state index contributed by atoms with van der Waals surface area (Å²) in [5.41, 5.74) is 3.10. The largest absolute Gasteiger partial charge is 0.486 e. The molecule has 1 fully saturated rings. The molecule has 3 aromatic carbocycles. The van der Waals surface area contributed by atoms with Crippen LogP contribution in [0.2, 0.25) is 0 Å². The smallest absolute Gasteiger partial charge is 0.417 e. The van der Waals surface area contributed by atoms with E-state index in [4.69, 9.17) is 8.92 Å². The fraction of sp³-hybridized carbons (Fsp3) is 0.419. The molecule has 2 aliphatic carbocycles. The number of benzene rings is 3. The van der Waals surface area contributed by atoms with E-state index in [0.717, 1.165) is 16.9 Å². The standard InChI is InChI=1S/C31H35F3O2S/c1-30(2,3)37(4,5)36-24-14-10-22(11-15-24)29-26-17-19-28(25(26)16-18-27(29)31(32,33)34)35-23-12-8-21(9-13-23)20-6-7-20/h8-16,18,20,28H,6-7,17,19H2,1-5H3. The van der Waals surface area contributed by atoms with E-state index in [1.807, 2.05) is 12.1 Å². The van der Waals surface area contributed by atoms with Gasteiger partial charge in [0.15, 0.2) is 0 Å². The molecule has 5 rings (SSSR count). The van der Waals surface area contributed by atoms with E-state index in [-0.39, 0.29) is 16.4 Å². The molecule has 0 N–H and O–H groups in total. The molecule has 6 heteroatoms. The van der Waals surface area contributed by atoms with Crippen LogP contribution in [0.4, 0.5) is 13.2 Å². The first-order chi connectivity index (χ1) is 17.3. The van der Waals surface area contributed by atoms with Crippen LogP contribution in [0.25, 0.3) is 11.1 Å². The van der Waals surface area contributed by atoms with Gasteiger partial charge in [-0.15, -0.1) is 0 Å². The number of ether oxygens (including phenoxy) is 1. The van der Waals surface area contributed by atoms with E-state index in [1.54, 1.807) is 30.3 Å². The van der Waals surface area contributed by atoms with Crippen LogP contribution >= 0.6 is 10.3 Å². The quantitative estimate of drug-likeness (QED) is 0.317. The zero-order valence-corrected chi connectivity index (χ0v) is 22.9. The van der Waals surface area contributed by atoms with Crippen LogP contribution < -0.4 is 8.92 Å². The second-order valence-electron chi connectivity index (χ2n) is 11.5. The Morgan fingerprint density at radius 1 is 0.784 bits per heavy atom. The highest BCUT2D eigenvalue weighted by molar-refractivity contribution is 8.30. The zero-order chi connectivity index (χ0) is 26.6. The molecule has 37 heavy (non-hydrogen) atoms. The Labute approximate surface area is 219 Å². The average Bonchev–Trinajstić information content (AvgIpc) is 3.59. The average molecular weight is 529 g/mol. The van der Waals surface area contributed by atoms with Crippen LogP contribution in [0.5, 0.6) is 11.5 Å². The molecule has 1 unspecified atom stereocenters. The maximum Gasteiger partial charge on any atom is 0.417 e. The molecular formula is C31H35F3O2S. The Kier molecular flexibility index (Phi) is 6.54. The first-order valence-electron chi connectivity index (χ1n) is 12.9. The van der Waals surface area contributed by atoms with Crippen LogP contribution in [-0.2, 0) is 12.6 Å². The van der Waals surface area contributed by atoms with Gasteiger partial charge >= 0.3 is 6.18 Å². The Hall–Kier alpha value is -2.60. The minimum absolute atomic E-state index is 0.0252. The van der Waals surface area contributed by atoms with Gasteiger partial charge in [0.05, 0.1) is 5.56 Å². The number of alkyl halides is 3. The Bertz CT molecular complexity index is 1270. The lowest BCUT2D eigenvalue weighted by molar-refractivity contribution is -0.137. The van der Waals surface area contributed by atoms with Crippen molar-refractivity contribution >= 4 is 10.3 Å². The van der Waals surface area contributed by atoms with Gasteiger partial charge in [0.1, 0.15) is 17.6 Å². The van der Waals surface area contributed by atoms with Gasteiger partial charge in [0.2, 0.25) is 0 Å². The minimum Gasteiger partial charge on any atom is -0.486 e. The molecule has 198 valence electrons. The Morgan fingerprint density at radius 3 is 1.97 bits per heavy atom. The number of hydrogen-bond acceptors (Lipinski definition) is 2. The molecule has 0 bridgehead atoms. The zero-order valence-electron chi connectivity index (χ0n) is 22.1. The normalized spacial score (nSPS) is 18.4. The first kappa shape index (κ1) is 26.0. The van der Waals surface area contributed by atoms with Crippen LogP contribution in [0, 0.1) is 0 Å².